The van der Waals surface area contributed by atoms with E-state index >= 15 is 0 Å². The van der Waals surface area contributed by atoms with E-state index in [1.54, 1.807) is 24.2 Å². The molecule has 13 heavy (non-hydrogen) atoms. The molecule has 2 heterocycles. The summed E-state index contributed by atoms with van der Waals surface area (Å²) in [6, 6.07) is 0.186. The van der Waals surface area contributed by atoms with Crippen LogP contribution < -0.4 is 5.73 Å². The van der Waals surface area contributed by atoms with E-state index in [0.717, 1.165) is 13.0 Å². The maximum atomic E-state index is 5.93. The minimum atomic E-state index is 0.186. The predicted molar refractivity (Wildman–Crippen MR) is 49.6 cm³/mol. The molecule has 0 bridgehead atoms. The van der Waals surface area contributed by atoms with Crippen molar-refractivity contribution in [2.45, 2.75) is 22.9 Å². The van der Waals surface area contributed by atoms with E-state index in [2.05, 4.69) is 4.98 Å². The van der Waals surface area contributed by atoms with Crippen LogP contribution in [0, 0.1) is 0 Å². The van der Waals surface area contributed by atoms with Gasteiger partial charge >= 0.3 is 0 Å². The zero-order chi connectivity index (χ0) is 9.10. The lowest BCUT2D eigenvalue weighted by Crippen LogP contribution is -2.40. The number of hydrogen-bond donors (Lipinski definition) is 1. The molecule has 1 aromatic rings. The zero-order valence-corrected chi connectivity index (χ0v) is 8.00. The van der Waals surface area contributed by atoms with Gasteiger partial charge in [0.1, 0.15) is 6.26 Å². The molecule has 72 valence electrons. The van der Waals surface area contributed by atoms with Gasteiger partial charge in [-0.15, -0.1) is 0 Å². The van der Waals surface area contributed by atoms with E-state index < -0.39 is 0 Å². The van der Waals surface area contributed by atoms with Gasteiger partial charge in [-0.05, 0) is 6.42 Å². The van der Waals surface area contributed by atoms with Crippen LogP contribution in [0.3, 0.4) is 0 Å². The SMILES string of the molecule is NC1CCOCC1Sc1ncco1. The van der Waals surface area contributed by atoms with Crippen molar-refractivity contribution in [1.29, 1.82) is 0 Å². The highest BCUT2D eigenvalue weighted by Gasteiger charge is 2.24. The molecule has 2 unspecified atom stereocenters. The summed E-state index contributed by atoms with van der Waals surface area (Å²) >= 11 is 1.55. The van der Waals surface area contributed by atoms with E-state index in [9.17, 15) is 0 Å². The number of nitrogens with two attached hydrogens (primary N) is 1. The van der Waals surface area contributed by atoms with Crippen LogP contribution in [-0.2, 0) is 4.74 Å². The first-order valence-electron chi connectivity index (χ1n) is 4.26. The van der Waals surface area contributed by atoms with Gasteiger partial charge < -0.3 is 14.9 Å². The van der Waals surface area contributed by atoms with Crippen LogP contribution in [0.2, 0.25) is 0 Å². The summed E-state index contributed by atoms with van der Waals surface area (Å²) in [7, 11) is 0. The molecule has 0 aliphatic carbocycles. The maximum Gasteiger partial charge on any atom is 0.255 e. The number of nitrogens with zero attached hydrogens (tertiary/aromatic N) is 1. The monoisotopic (exact) mass is 200 g/mol. The van der Waals surface area contributed by atoms with E-state index in [-0.39, 0.29) is 11.3 Å². The minimum absolute atomic E-state index is 0.186. The lowest BCUT2D eigenvalue weighted by atomic mass is 10.1. The molecule has 1 aromatic heterocycles. The average Bonchev–Trinajstić information content (AvgIpc) is 2.61. The van der Waals surface area contributed by atoms with Crippen molar-refractivity contribution in [2.24, 2.45) is 5.73 Å². The van der Waals surface area contributed by atoms with Crippen molar-refractivity contribution < 1.29 is 9.15 Å². The third kappa shape index (κ3) is 2.24. The molecule has 2 N–H and O–H groups in total. The molecular weight excluding hydrogens is 188 g/mol. The second kappa shape index (κ2) is 4.13. The zero-order valence-electron chi connectivity index (χ0n) is 7.18. The molecule has 2 atom stereocenters. The van der Waals surface area contributed by atoms with Crippen LogP contribution in [0.5, 0.6) is 0 Å². The Morgan fingerprint density at radius 2 is 2.54 bits per heavy atom. The first-order chi connectivity index (χ1) is 6.36. The number of thioether (sulfide) groups is 1. The lowest BCUT2D eigenvalue weighted by molar-refractivity contribution is 0.0913. The van der Waals surface area contributed by atoms with E-state index in [4.69, 9.17) is 14.9 Å². The van der Waals surface area contributed by atoms with Crippen LogP contribution >= 0.6 is 11.8 Å². The highest BCUT2D eigenvalue weighted by molar-refractivity contribution is 7.99. The fraction of sp³-hybridized carbons (Fsp3) is 0.625. The van der Waals surface area contributed by atoms with Crippen molar-refractivity contribution >= 4 is 11.8 Å². The summed E-state index contributed by atoms with van der Waals surface area (Å²) in [6.07, 6.45) is 4.12. The third-order valence-corrected chi connectivity index (χ3v) is 3.21. The van der Waals surface area contributed by atoms with Crippen LogP contribution in [0.15, 0.2) is 22.1 Å². The maximum absolute atomic E-state index is 5.93. The number of rotatable bonds is 2. The molecule has 5 heteroatoms. The fourth-order valence-electron chi connectivity index (χ4n) is 1.25. The van der Waals surface area contributed by atoms with E-state index in [0.29, 0.717) is 11.8 Å². The predicted octanol–water partition coefficient (Wildman–Crippen LogP) is 0.883. The fourth-order valence-corrected chi connectivity index (χ4v) is 2.21. The standard InChI is InChI=1S/C8H12N2O2S/c9-6-1-3-11-5-7(6)13-8-10-2-4-12-8/h2,4,6-7H,1,3,5,9H2. The average molecular weight is 200 g/mol. The Kier molecular flexibility index (Phi) is 2.87. The number of ether oxygens (including phenoxy) is 1. The highest BCUT2D eigenvalue weighted by atomic mass is 32.2. The molecular formula is C8H12N2O2S. The topological polar surface area (TPSA) is 61.3 Å². The van der Waals surface area contributed by atoms with Crippen LogP contribution in [0.25, 0.3) is 0 Å². The van der Waals surface area contributed by atoms with Gasteiger partial charge in [-0.2, -0.15) is 0 Å². The summed E-state index contributed by atoms with van der Waals surface area (Å²) in [6.45, 7) is 1.46. The minimum Gasteiger partial charge on any atom is -0.440 e. The van der Waals surface area contributed by atoms with Crippen molar-refractivity contribution in [3.8, 4) is 0 Å². The molecule has 2 rings (SSSR count). The summed E-state index contributed by atoms with van der Waals surface area (Å²) in [5, 5.41) is 0.943. The number of hydrogen-bond acceptors (Lipinski definition) is 5. The summed E-state index contributed by atoms with van der Waals surface area (Å²) in [5.74, 6) is 0. The van der Waals surface area contributed by atoms with Crippen molar-refractivity contribution in [1.82, 2.24) is 4.98 Å². The molecule has 4 nitrogen and oxygen atoms in total. The van der Waals surface area contributed by atoms with Crippen LogP contribution in [0.1, 0.15) is 6.42 Å². The third-order valence-electron chi connectivity index (χ3n) is 2.02. The Morgan fingerprint density at radius 1 is 1.62 bits per heavy atom. The van der Waals surface area contributed by atoms with Crippen molar-refractivity contribution in [3.05, 3.63) is 12.5 Å². The van der Waals surface area contributed by atoms with Gasteiger partial charge in [0.05, 0.1) is 18.1 Å². The highest BCUT2D eigenvalue weighted by Crippen LogP contribution is 2.26. The Balaban J connectivity index is 1.93. The number of aromatic nitrogens is 1. The van der Waals surface area contributed by atoms with Crippen LogP contribution in [-0.4, -0.2) is 29.5 Å². The van der Waals surface area contributed by atoms with Crippen molar-refractivity contribution in [2.75, 3.05) is 13.2 Å². The Labute approximate surface area is 80.8 Å². The number of oxazole rings is 1. The second-order valence-electron chi connectivity index (χ2n) is 2.98. The van der Waals surface area contributed by atoms with Gasteiger partial charge in [0.2, 0.25) is 0 Å². The smallest absolute Gasteiger partial charge is 0.255 e. The summed E-state index contributed by atoms with van der Waals surface area (Å²) < 4.78 is 10.5. The Hall–Kier alpha value is -0.520. The van der Waals surface area contributed by atoms with Crippen molar-refractivity contribution in [3.63, 3.8) is 0 Å². The van der Waals surface area contributed by atoms with E-state index in [1.165, 1.54) is 0 Å². The van der Waals surface area contributed by atoms with Gasteiger partial charge in [-0.25, -0.2) is 4.98 Å². The molecule has 0 aromatic carbocycles. The Morgan fingerprint density at radius 3 is 3.23 bits per heavy atom. The van der Waals surface area contributed by atoms with Gasteiger partial charge in [0.15, 0.2) is 0 Å². The molecule has 0 amide bonds. The van der Waals surface area contributed by atoms with Crippen LogP contribution in [0.4, 0.5) is 0 Å². The largest absolute Gasteiger partial charge is 0.440 e. The first-order valence-corrected chi connectivity index (χ1v) is 5.13. The van der Waals surface area contributed by atoms with Gasteiger partial charge in [0.25, 0.3) is 5.22 Å². The van der Waals surface area contributed by atoms with E-state index in [1.807, 2.05) is 0 Å². The molecule has 1 aliphatic heterocycles. The van der Waals surface area contributed by atoms with Gasteiger partial charge in [-0.3, -0.25) is 0 Å². The molecule has 1 saturated heterocycles. The Bertz CT molecular complexity index is 253. The molecule has 1 aliphatic rings. The molecule has 0 spiro atoms. The quantitative estimate of drug-likeness (QED) is 0.768. The molecule has 0 saturated carbocycles. The summed E-state index contributed by atoms with van der Waals surface area (Å²) in [4.78, 5) is 4.03. The lowest BCUT2D eigenvalue weighted by Gasteiger charge is -2.26. The second-order valence-corrected chi connectivity index (χ2v) is 4.17. The van der Waals surface area contributed by atoms with Gasteiger partial charge in [-0.1, -0.05) is 11.8 Å². The van der Waals surface area contributed by atoms with Gasteiger partial charge in [0, 0.05) is 12.6 Å². The molecule has 1 fully saturated rings. The normalized spacial score (nSPS) is 29.0. The molecule has 0 radical (unpaired) electrons. The first kappa shape index (κ1) is 9.05. The summed E-state index contributed by atoms with van der Waals surface area (Å²) in [5.41, 5.74) is 5.93.